The van der Waals surface area contributed by atoms with Crippen molar-refractivity contribution >= 4 is 28.4 Å². The van der Waals surface area contributed by atoms with Gasteiger partial charge in [-0.3, -0.25) is 4.79 Å². The van der Waals surface area contributed by atoms with Crippen molar-refractivity contribution in [3.8, 4) is 5.75 Å². The van der Waals surface area contributed by atoms with Crippen LogP contribution >= 0.6 is 22.6 Å². The predicted molar refractivity (Wildman–Crippen MR) is 55.6 cm³/mol. The number of hydrogen-bond donors (Lipinski definition) is 1. The van der Waals surface area contributed by atoms with Crippen molar-refractivity contribution in [3.05, 3.63) is 26.8 Å². The fourth-order valence-corrected chi connectivity index (χ4v) is 1.27. The molecule has 0 bridgehead atoms. The molecule has 3 heteroatoms. The molecule has 0 radical (unpaired) electrons. The predicted octanol–water partition coefficient (Wildman–Crippen LogP) is 2.51. The molecule has 12 heavy (non-hydrogen) atoms. The first-order valence-corrected chi connectivity index (χ1v) is 4.60. The van der Waals surface area contributed by atoms with Gasteiger partial charge in [0, 0.05) is 5.56 Å². The van der Waals surface area contributed by atoms with Gasteiger partial charge in [0.25, 0.3) is 0 Å². The Labute approximate surface area is 84.7 Å². The number of phenolic OH excluding ortho intramolecular Hbond substituents is 1. The average Bonchev–Trinajstić information content (AvgIpc) is 1.99. The monoisotopic (exact) mass is 276 g/mol. The molecule has 1 aromatic carbocycles. The second-order valence-corrected chi connectivity index (χ2v) is 3.76. The standard InChI is InChI=1S/C9H9IO2/c1-5-3-7(6(2)11)4-8(12)9(5)10/h3-4,12H,1-2H3. The lowest BCUT2D eigenvalue weighted by atomic mass is 10.1. The summed E-state index contributed by atoms with van der Waals surface area (Å²) in [6.07, 6.45) is 0. The zero-order valence-electron chi connectivity index (χ0n) is 6.89. The Hall–Kier alpha value is -0.580. The number of Topliss-reactive ketones (excluding diaryl/α,β-unsaturated/α-hetero) is 1. The molecule has 0 fully saturated rings. The first-order valence-electron chi connectivity index (χ1n) is 3.52. The molecular weight excluding hydrogens is 267 g/mol. The van der Waals surface area contributed by atoms with E-state index in [2.05, 4.69) is 0 Å². The van der Waals surface area contributed by atoms with Gasteiger partial charge in [-0.2, -0.15) is 0 Å². The van der Waals surface area contributed by atoms with Gasteiger partial charge in [-0.25, -0.2) is 0 Å². The molecule has 2 nitrogen and oxygen atoms in total. The van der Waals surface area contributed by atoms with E-state index < -0.39 is 0 Å². The molecule has 0 saturated carbocycles. The Balaban J connectivity index is 3.31. The summed E-state index contributed by atoms with van der Waals surface area (Å²) in [5.74, 6) is 0.158. The minimum atomic E-state index is -0.0233. The highest BCUT2D eigenvalue weighted by molar-refractivity contribution is 14.1. The van der Waals surface area contributed by atoms with E-state index in [1.807, 2.05) is 29.5 Å². The molecule has 1 aromatic rings. The molecule has 0 heterocycles. The van der Waals surface area contributed by atoms with Gasteiger partial charge in [0.15, 0.2) is 5.78 Å². The molecule has 1 N–H and O–H groups in total. The molecule has 0 aliphatic rings. The summed E-state index contributed by atoms with van der Waals surface area (Å²) in [5.41, 5.74) is 1.49. The van der Waals surface area contributed by atoms with Crippen LogP contribution in [0.4, 0.5) is 0 Å². The molecule has 0 aliphatic carbocycles. The molecule has 64 valence electrons. The van der Waals surface area contributed by atoms with Crippen LogP contribution < -0.4 is 0 Å². The summed E-state index contributed by atoms with van der Waals surface area (Å²) in [5, 5.41) is 9.37. The number of benzene rings is 1. The molecule has 0 aliphatic heterocycles. The highest BCUT2D eigenvalue weighted by Gasteiger charge is 2.06. The number of phenols is 1. The summed E-state index contributed by atoms with van der Waals surface area (Å²) in [7, 11) is 0. The van der Waals surface area contributed by atoms with Gasteiger partial charge in [0.05, 0.1) is 3.57 Å². The molecular formula is C9H9IO2. The van der Waals surface area contributed by atoms with Crippen molar-refractivity contribution in [1.29, 1.82) is 0 Å². The maximum atomic E-state index is 10.9. The zero-order chi connectivity index (χ0) is 9.30. The quantitative estimate of drug-likeness (QED) is 0.632. The van der Waals surface area contributed by atoms with Crippen molar-refractivity contribution in [2.75, 3.05) is 0 Å². The number of ketones is 1. The van der Waals surface area contributed by atoms with E-state index in [-0.39, 0.29) is 11.5 Å². The van der Waals surface area contributed by atoms with Crippen molar-refractivity contribution in [2.45, 2.75) is 13.8 Å². The lowest BCUT2D eigenvalue weighted by Crippen LogP contribution is -1.94. The fraction of sp³-hybridized carbons (Fsp3) is 0.222. The average molecular weight is 276 g/mol. The molecule has 1 rings (SSSR count). The van der Waals surface area contributed by atoms with Crippen LogP contribution in [-0.4, -0.2) is 10.9 Å². The first kappa shape index (κ1) is 9.51. The topological polar surface area (TPSA) is 37.3 Å². The number of halogens is 1. The van der Waals surface area contributed by atoms with E-state index in [9.17, 15) is 9.90 Å². The number of hydrogen-bond acceptors (Lipinski definition) is 2. The van der Waals surface area contributed by atoms with Crippen LogP contribution in [0.3, 0.4) is 0 Å². The van der Waals surface area contributed by atoms with Crippen LogP contribution in [-0.2, 0) is 0 Å². The van der Waals surface area contributed by atoms with Gasteiger partial charge in [-0.1, -0.05) is 0 Å². The van der Waals surface area contributed by atoms with E-state index in [1.54, 1.807) is 6.07 Å². The Kier molecular flexibility index (Phi) is 2.72. The Morgan fingerprint density at radius 1 is 1.50 bits per heavy atom. The number of aromatic hydroxyl groups is 1. The summed E-state index contributed by atoms with van der Waals surface area (Å²) in [4.78, 5) is 10.9. The summed E-state index contributed by atoms with van der Waals surface area (Å²) in [6.45, 7) is 3.36. The van der Waals surface area contributed by atoms with E-state index in [4.69, 9.17) is 0 Å². The zero-order valence-corrected chi connectivity index (χ0v) is 9.05. The molecule has 0 amide bonds. The third-order valence-electron chi connectivity index (χ3n) is 1.64. The van der Waals surface area contributed by atoms with E-state index in [0.717, 1.165) is 9.13 Å². The molecule has 0 aromatic heterocycles. The maximum absolute atomic E-state index is 10.9. The van der Waals surface area contributed by atoms with Gasteiger partial charge >= 0.3 is 0 Å². The van der Waals surface area contributed by atoms with Crippen LogP contribution in [0.5, 0.6) is 5.75 Å². The fourth-order valence-electron chi connectivity index (χ4n) is 0.954. The first-order chi connectivity index (χ1) is 5.52. The number of carbonyl (C=O) groups is 1. The number of aryl methyl sites for hydroxylation is 1. The molecule has 0 saturated heterocycles. The summed E-state index contributed by atoms with van der Waals surface area (Å²) in [6, 6.07) is 3.28. The Morgan fingerprint density at radius 3 is 2.50 bits per heavy atom. The van der Waals surface area contributed by atoms with Crippen LogP contribution in [0.1, 0.15) is 22.8 Å². The van der Waals surface area contributed by atoms with Crippen LogP contribution in [0, 0.1) is 10.5 Å². The SMILES string of the molecule is CC(=O)c1cc(C)c(I)c(O)c1. The van der Waals surface area contributed by atoms with Crippen LogP contribution in [0.2, 0.25) is 0 Å². The lowest BCUT2D eigenvalue weighted by Gasteiger charge is -2.03. The minimum absolute atomic E-state index is 0.0233. The second-order valence-electron chi connectivity index (χ2n) is 2.68. The van der Waals surface area contributed by atoms with Gasteiger partial charge in [-0.05, 0) is 54.1 Å². The number of carbonyl (C=O) groups excluding carboxylic acids is 1. The van der Waals surface area contributed by atoms with E-state index >= 15 is 0 Å². The van der Waals surface area contributed by atoms with Crippen molar-refractivity contribution in [1.82, 2.24) is 0 Å². The van der Waals surface area contributed by atoms with Crippen LogP contribution in [0.25, 0.3) is 0 Å². The third kappa shape index (κ3) is 1.77. The van der Waals surface area contributed by atoms with E-state index in [0.29, 0.717) is 5.56 Å². The Bertz CT molecular complexity index is 308. The third-order valence-corrected chi connectivity index (χ3v) is 3.05. The van der Waals surface area contributed by atoms with Crippen molar-refractivity contribution < 1.29 is 9.90 Å². The summed E-state index contributed by atoms with van der Waals surface area (Å²) >= 11 is 2.05. The minimum Gasteiger partial charge on any atom is -0.507 e. The van der Waals surface area contributed by atoms with E-state index in [1.165, 1.54) is 13.0 Å². The highest BCUT2D eigenvalue weighted by atomic mass is 127. The normalized spacial score (nSPS) is 9.92. The van der Waals surface area contributed by atoms with Crippen molar-refractivity contribution in [3.63, 3.8) is 0 Å². The van der Waals surface area contributed by atoms with Crippen LogP contribution in [0.15, 0.2) is 12.1 Å². The lowest BCUT2D eigenvalue weighted by molar-refractivity contribution is 0.101. The van der Waals surface area contributed by atoms with Gasteiger partial charge in [-0.15, -0.1) is 0 Å². The molecule has 0 unspecified atom stereocenters. The second kappa shape index (κ2) is 3.43. The highest BCUT2D eigenvalue weighted by Crippen LogP contribution is 2.24. The van der Waals surface area contributed by atoms with Gasteiger partial charge in [0.2, 0.25) is 0 Å². The Morgan fingerprint density at radius 2 is 2.08 bits per heavy atom. The maximum Gasteiger partial charge on any atom is 0.159 e. The molecule has 0 atom stereocenters. The van der Waals surface area contributed by atoms with Gasteiger partial charge in [0.1, 0.15) is 5.75 Å². The molecule has 0 spiro atoms. The smallest absolute Gasteiger partial charge is 0.159 e. The van der Waals surface area contributed by atoms with Gasteiger partial charge < -0.3 is 5.11 Å². The largest absolute Gasteiger partial charge is 0.507 e. The van der Waals surface area contributed by atoms with Crippen molar-refractivity contribution in [2.24, 2.45) is 0 Å². The summed E-state index contributed by atoms with van der Waals surface area (Å²) < 4.78 is 0.803. The number of rotatable bonds is 1.